The van der Waals surface area contributed by atoms with E-state index in [1.54, 1.807) is 0 Å². The topological polar surface area (TPSA) is 78.3 Å². The van der Waals surface area contributed by atoms with Gasteiger partial charge in [0.1, 0.15) is 0 Å². The number of rotatable bonds is 8. The van der Waals surface area contributed by atoms with E-state index in [0.717, 1.165) is 19.3 Å². The molecule has 0 heterocycles. The van der Waals surface area contributed by atoms with Crippen molar-refractivity contribution in [3.63, 3.8) is 0 Å². The maximum atomic E-state index is 11.1. The first-order chi connectivity index (χ1) is 6.70. The maximum absolute atomic E-state index is 11.1. The summed E-state index contributed by atoms with van der Waals surface area (Å²) in [6, 6.07) is 0.0266. The number of hydrogen-bond donors (Lipinski definition) is 2. The molecule has 0 aliphatic rings. The molecule has 0 saturated carbocycles. The van der Waals surface area contributed by atoms with Gasteiger partial charge < -0.3 is 16.2 Å². The summed E-state index contributed by atoms with van der Waals surface area (Å²) in [6.07, 6.45) is 3.82. The van der Waals surface area contributed by atoms with Crippen LogP contribution in [0.1, 0.15) is 39.0 Å². The van der Waals surface area contributed by atoms with Crippen LogP contribution >= 0.6 is 0 Å². The van der Waals surface area contributed by atoms with Crippen molar-refractivity contribution in [2.45, 2.75) is 45.1 Å². The first-order valence-corrected chi connectivity index (χ1v) is 5.32. The molecule has 0 bridgehead atoms. The second-order valence-electron chi connectivity index (χ2n) is 3.45. The Labute approximate surface area is 86.0 Å². The molecule has 4 heteroatoms. The van der Waals surface area contributed by atoms with E-state index in [0.29, 0.717) is 26.0 Å². The molecular formula is C10H22N2O2. The number of carbonyl (C=O) groups is 1. The fraction of sp³-hybridized carbons (Fsp3) is 0.900. The van der Waals surface area contributed by atoms with Crippen molar-refractivity contribution < 1.29 is 9.53 Å². The molecule has 0 radical (unpaired) electrons. The van der Waals surface area contributed by atoms with E-state index in [1.807, 2.05) is 0 Å². The fourth-order valence-electron chi connectivity index (χ4n) is 1.06. The van der Waals surface area contributed by atoms with Crippen molar-refractivity contribution in [3.8, 4) is 0 Å². The van der Waals surface area contributed by atoms with Crippen molar-refractivity contribution in [2.24, 2.45) is 11.5 Å². The summed E-state index contributed by atoms with van der Waals surface area (Å²) in [5.74, 6) is -0.147. The van der Waals surface area contributed by atoms with Crippen LogP contribution in [0, 0.1) is 0 Å². The third-order valence-electron chi connectivity index (χ3n) is 2.02. The number of unbranched alkanes of at least 4 members (excludes halogenated alkanes) is 1. The second kappa shape index (κ2) is 8.97. The summed E-state index contributed by atoms with van der Waals surface area (Å²) < 4.78 is 4.99. The lowest BCUT2D eigenvalue weighted by atomic mass is 10.1. The number of ether oxygens (including phenoxy) is 1. The second-order valence-corrected chi connectivity index (χ2v) is 3.45. The van der Waals surface area contributed by atoms with Gasteiger partial charge in [0.05, 0.1) is 6.61 Å². The highest BCUT2D eigenvalue weighted by Gasteiger charge is 2.06. The normalized spacial score (nSPS) is 12.5. The molecule has 4 nitrogen and oxygen atoms in total. The molecule has 0 aliphatic heterocycles. The van der Waals surface area contributed by atoms with E-state index in [9.17, 15) is 4.79 Å². The Morgan fingerprint density at radius 2 is 2.14 bits per heavy atom. The molecule has 0 rings (SSSR count). The summed E-state index contributed by atoms with van der Waals surface area (Å²) in [5, 5.41) is 0. The van der Waals surface area contributed by atoms with Crippen LogP contribution in [0.5, 0.6) is 0 Å². The lowest BCUT2D eigenvalue weighted by Crippen LogP contribution is -2.24. The predicted octanol–water partition coefficient (Wildman–Crippen LogP) is 0.786. The van der Waals surface area contributed by atoms with Crippen molar-refractivity contribution in [3.05, 3.63) is 0 Å². The Hall–Kier alpha value is -0.610. The molecular weight excluding hydrogens is 180 g/mol. The van der Waals surface area contributed by atoms with Gasteiger partial charge in [0.2, 0.25) is 0 Å². The summed E-state index contributed by atoms with van der Waals surface area (Å²) >= 11 is 0. The lowest BCUT2D eigenvalue weighted by molar-refractivity contribution is -0.143. The minimum absolute atomic E-state index is 0.0266. The van der Waals surface area contributed by atoms with Crippen LogP contribution in [-0.4, -0.2) is 25.2 Å². The van der Waals surface area contributed by atoms with Gasteiger partial charge in [-0.25, -0.2) is 0 Å². The average Bonchev–Trinajstić information content (AvgIpc) is 2.16. The van der Waals surface area contributed by atoms with Gasteiger partial charge in [-0.2, -0.15) is 0 Å². The number of hydrogen-bond acceptors (Lipinski definition) is 4. The molecule has 0 aromatic rings. The zero-order chi connectivity index (χ0) is 10.8. The van der Waals surface area contributed by atoms with Crippen LogP contribution in [0.4, 0.5) is 0 Å². The highest BCUT2D eigenvalue weighted by Crippen LogP contribution is 2.00. The first-order valence-electron chi connectivity index (χ1n) is 5.32. The SMILES string of the molecule is CCCCOC(=O)CCC(N)CCN. The molecule has 0 aliphatic carbocycles. The fourth-order valence-corrected chi connectivity index (χ4v) is 1.06. The van der Waals surface area contributed by atoms with E-state index in [2.05, 4.69) is 6.92 Å². The van der Waals surface area contributed by atoms with Gasteiger partial charge in [0, 0.05) is 12.5 Å². The van der Waals surface area contributed by atoms with Crippen molar-refractivity contribution in [1.82, 2.24) is 0 Å². The van der Waals surface area contributed by atoms with E-state index >= 15 is 0 Å². The summed E-state index contributed by atoms with van der Waals surface area (Å²) in [6.45, 7) is 3.17. The third kappa shape index (κ3) is 8.01. The average molecular weight is 202 g/mol. The van der Waals surface area contributed by atoms with Crippen molar-refractivity contribution >= 4 is 5.97 Å². The van der Waals surface area contributed by atoms with Gasteiger partial charge in [-0.1, -0.05) is 13.3 Å². The molecule has 1 atom stereocenters. The summed E-state index contributed by atoms with van der Waals surface area (Å²) in [7, 11) is 0. The molecule has 1 unspecified atom stereocenters. The van der Waals surface area contributed by atoms with Crippen molar-refractivity contribution in [1.29, 1.82) is 0 Å². The highest BCUT2D eigenvalue weighted by atomic mass is 16.5. The highest BCUT2D eigenvalue weighted by molar-refractivity contribution is 5.69. The molecule has 0 aromatic carbocycles. The van der Waals surface area contributed by atoms with Gasteiger partial charge in [-0.3, -0.25) is 4.79 Å². The molecule has 0 amide bonds. The minimum Gasteiger partial charge on any atom is -0.466 e. The quantitative estimate of drug-likeness (QED) is 0.450. The summed E-state index contributed by atoms with van der Waals surface area (Å²) in [5.41, 5.74) is 11.0. The van der Waals surface area contributed by atoms with E-state index in [1.165, 1.54) is 0 Å². The van der Waals surface area contributed by atoms with Crippen LogP contribution in [0.25, 0.3) is 0 Å². The third-order valence-corrected chi connectivity index (χ3v) is 2.02. The van der Waals surface area contributed by atoms with Crippen LogP contribution in [-0.2, 0) is 9.53 Å². The van der Waals surface area contributed by atoms with Gasteiger partial charge in [-0.15, -0.1) is 0 Å². The van der Waals surface area contributed by atoms with E-state index in [4.69, 9.17) is 16.2 Å². The number of nitrogens with two attached hydrogens (primary N) is 2. The van der Waals surface area contributed by atoms with Gasteiger partial charge >= 0.3 is 5.97 Å². The number of carbonyl (C=O) groups excluding carboxylic acids is 1. The maximum Gasteiger partial charge on any atom is 0.305 e. The zero-order valence-electron chi connectivity index (χ0n) is 9.00. The molecule has 14 heavy (non-hydrogen) atoms. The van der Waals surface area contributed by atoms with Gasteiger partial charge in [0.15, 0.2) is 0 Å². The Morgan fingerprint density at radius 1 is 1.43 bits per heavy atom. The molecule has 0 fully saturated rings. The first kappa shape index (κ1) is 13.4. The minimum atomic E-state index is -0.147. The van der Waals surface area contributed by atoms with Gasteiger partial charge in [-0.05, 0) is 25.8 Å². The summed E-state index contributed by atoms with van der Waals surface area (Å²) in [4.78, 5) is 11.1. The zero-order valence-corrected chi connectivity index (χ0v) is 9.00. The Kier molecular flexibility index (Phi) is 8.57. The molecule has 0 saturated heterocycles. The standard InChI is InChI=1S/C10H22N2O2/c1-2-3-8-14-10(13)5-4-9(12)6-7-11/h9H,2-8,11-12H2,1H3. The van der Waals surface area contributed by atoms with Crippen LogP contribution in [0.3, 0.4) is 0 Å². The van der Waals surface area contributed by atoms with Crippen LogP contribution in [0.15, 0.2) is 0 Å². The van der Waals surface area contributed by atoms with Crippen LogP contribution < -0.4 is 11.5 Å². The smallest absolute Gasteiger partial charge is 0.305 e. The predicted molar refractivity (Wildman–Crippen MR) is 56.7 cm³/mol. The van der Waals surface area contributed by atoms with E-state index < -0.39 is 0 Å². The van der Waals surface area contributed by atoms with Crippen molar-refractivity contribution in [2.75, 3.05) is 13.2 Å². The monoisotopic (exact) mass is 202 g/mol. The van der Waals surface area contributed by atoms with Gasteiger partial charge in [0.25, 0.3) is 0 Å². The molecule has 84 valence electrons. The Bertz CT molecular complexity index is 151. The Morgan fingerprint density at radius 3 is 2.71 bits per heavy atom. The molecule has 4 N–H and O–H groups in total. The van der Waals surface area contributed by atoms with Crippen LogP contribution in [0.2, 0.25) is 0 Å². The number of esters is 1. The lowest BCUT2D eigenvalue weighted by Gasteiger charge is -2.09. The largest absolute Gasteiger partial charge is 0.466 e. The van der Waals surface area contributed by atoms with E-state index in [-0.39, 0.29) is 12.0 Å². The molecule has 0 aromatic heterocycles. The Balaban J connectivity index is 3.34. The molecule has 0 spiro atoms.